The number of H-pyrrole nitrogens is 4. The Kier molecular flexibility index (Phi) is 6.92. The molecule has 0 unspecified atom stereocenters. The van der Waals surface area contributed by atoms with Gasteiger partial charge in [-0.2, -0.15) is 0 Å². The highest BCUT2D eigenvalue weighted by Gasteiger charge is 2.18. The molecule has 0 radical (unpaired) electrons. The molecule has 1 aliphatic rings. The summed E-state index contributed by atoms with van der Waals surface area (Å²) < 4.78 is 0. The molecule has 0 amide bonds. The Morgan fingerprint density at radius 2 is 1.22 bits per heavy atom. The van der Waals surface area contributed by atoms with Crippen LogP contribution in [0.1, 0.15) is 47.1 Å². The van der Waals surface area contributed by atoms with Gasteiger partial charge in [-0.3, -0.25) is 10.1 Å². The Labute approximate surface area is 262 Å². The van der Waals surface area contributed by atoms with Crippen molar-refractivity contribution in [3.8, 4) is 11.8 Å². The summed E-state index contributed by atoms with van der Waals surface area (Å²) in [6.45, 7) is 4.14. The Morgan fingerprint density at radius 1 is 0.644 bits per heavy atom. The lowest BCUT2D eigenvalue weighted by atomic mass is 10.1. The Balaban J connectivity index is 1.46. The van der Waals surface area contributed by atoms with Gasteiger partial charge in [0.15, 0.2) is 0 Å². The van der Waals surface area contributed by atoms with Gasteiger partial charge < -0.3 is 24.8 Å². The van der Waals surface area contributed by atoms with E-state index in [1.807, 2.05) is 56.6 Å². The summed E-state index contributed by atoms with van der Waals surface area (Å²) in [4.78, 5) is 28.4. The predicted molar refractivity (Wildman–Crippen MR) is 181 cm³/mol. The largest absolute Gasteiger partial charge is 0.378 e. The van der Waals surface area contributed by atoms with Gasteiger partial charge in [0.1, 0.15) is 0 Å². The molecule has 0 saturated heterocycles. The summed E-state index contributed by atoms with van der Waals surface area (Å²) in [6, 6.07) is 28.0. The maximum Gasteiger partial charge on any atom is 0.324 e. The van der Waals surface area contributed by atoms with E-state index in [2.05, 4.69) is 86.9 Å². The number of hydrogen-bond acceptors (Lipinski definition) is 4. The third-order valence-electron chi connectivity index (χ3n) is 8.17. The van der Waals surface area contributed by atoms with E-state index in [4.69, 9.17) is 0 Å². The van der Waals surface area contributed by atoms with Crippen molar-refractivity contribution in [3.63, 3.8) is 0 Å². The fraction of sp³-hybridized carbons (Fsp3) is 0.111. The highest BCUT2D eigenvalue weighted by atomic mass is 32.1. The van der Waals surface area contributed by atoms with Crippen molar-refractivity contribution >= 4 is 44.3 Å². The van der Waals surface area contributed by atoms with Crippen LogP contribution in [0.3, 0.4) is 0 Å². The van der Waals surface area contributed by atoms with Crippen molar-refractivity contribution in [1.82, 2.24) is 19.9 Å². The molecule has 1 aromatic carbocycles. The third kappa shape index (κ3) is 5.22. The Morgan fingerprint density at radius 3 is 1.87 bits per heavy atom. The smallest absolute Gasteiger partial charge is 0.324 e. The molecule has 5 aromatic heterocycles. The van der Waals surface area contributed by atoms with Gasteiger partial charge >= 0.3 is 5.00 Å². The molecule has 9 heteroatoms. The second-order valence-electron chi connectivity index (χ2n) is 11.2. The number of hydrogen-bond donors (Lipinski definition) is 4. The van der Waals surface area contributed by atoms with E-state index in [9.17, 15) is 10.1 Å². The maximum absolute atomic E-state index is 11.5. The quantitative estimate of drug-likeness (QED) is 0.136. The van der Waals surface area contributed by atoms with Gasteiger partial charge in [-0.05, 0) is 104 Å². The molecule has 4 N–H and O–H groups in total. The molecule has 0 fully saturated rings. The molecule has 1 aliphatic heterocycles. The molecule has 8 nitrogen and oxygen atoms in total. The first-order valence-electron chi connectivity index (χ1n) is 14.5. The first kappa shape index (κ1) is 28.1. The van der Waals surface area contributed by atoms with Crippen LogP contribution in [0.5, 0.6) is 0 Å². The highest BCUT2D eigenvalue weighted by Crippen LogP contribution is 2.32. The number of nitro groups is 1. The molecule has 45 heavy (non-hydrogen) atoms. The topological polar surface area (TPSA) is 110 Å². The van der Waals surface area contributed by atoms with Crippen LogP contribution in [0.2, 0.25) is 0 Å². The number of thiophene rings is 1. The molecule has 7 rings (SSSR count). The molecule has 0 atom stereocenters. The van der Waals surface area contributed by atoms with Crippen molar-refractivity contribution in [2.45, 2.75) is 13.8 Å². The first-order valence-corrected chi connectivity index (χ1v) is 15.3. The SMILES string of the molecule is C/C1=c2\cc/c([nH]2)=C(\C#Cc2ccc(N(C)C)cc2)c2ccc([nH]2)/C(C)=c2/cc/c([nH]2)=C(\c2ccc([N+](=O)[O-])s2)c2ccc1[nH]2. The lowest BCUT2D eigenvalue weighted by Crippen LogP contribution is -2.17. The summed E-state index contributed by atoms with van der Waals surface area (Å²) in [5, 5.41) is 15.3. The minimum absolute atomic E-state index is 0.104. The van der Waals surface area contributed by atoms with Crippen LogP contribution < -0.4 is 26.3 Å². The first-order chi connectivity index (χ1) is 21.7. The van der Waals surface area contributed by atoms with E-state index < -0.39 is 0 Å². The van der Waals surface area contributed by atoms with Gasteiger partial charge in [0.25, 0.3) is 0 Å². The van der Waals surface area contributed by atoms with Crippen molar-refractivity contribution in [3.05, 3.63) is 150 Å². The minimum Gasteiger partial charge on any atom is -0.378 e. The van der Waals surface area contributed by atoms with E-state index in [1.165, 1.54) is 0 Å². The van der Waals surface area contributed by atoms with Crippen LogP contribution in [0.4, 0.5) is 10.7 Å². The zero-order chi connectivity index (χ0) is 31.2. The fourth-order valence-corrected chi connectivity index (χ4v) is 6.45. The fourth-order valence-electron chi connectivity index (χ4n) is 5.56. The summed E-state index contributed by atoms with van der Waals surface area (Å²) in [7, 11) is 4.05. The minimum atomic E-state index is -0.345. The van der Waals surface area contributed by atoms with E-state index >= 15 is 0 Å². The molecular weight excluding hydrogens is 581 g/mol. The number of aromatic amines is 4. The van der Waals surface area contributed by atoms with E-state index in [1.54, 1.807) is 6.07 Å². The van der Waals surface area contributed by atoms with Crippen LogP contribution in [-0.4, -0.2) is 39.0 Å². The van der Waals surface area contributed by atoms with Crippen molar-refractivity contribution in [1.29, 1.82) is 0 Å². The number of nitrogens with zero attached hydrogens (tertiary/aromatic N) is 2. The molecule has 0 saturated carbocycles. The summed E-state index contributed by atoms with van der Waals surface area (Å²) in [5.41, 5.74) is 9.55. The van der Waals surface area contributed by atoms with Gasteiger partial charge in [0.2, 0.25) is 0 Å². The van der Waals surface area contributed by atoms with Gasteiger partial charge in [-0.15, -0.1) is 0 Å². The number of fused-ring (bicyclic) bond motifs is 8. The molecular formula is C36H30N6O2S. The van der Waals surface area contributed by atoms with Gasteiger partial charge in [-0.1, -0.05) is 23.2 Å². The number of benzene rings is 1. The zero-order valence-electron chi connectivity index (χ0n) is 25.2. The number of nitrogens with one attached hydrogen (secondary N) is 4. The molecule has 0 spiro atoms. The van der Waals surface area contributed by atoms with Gasteiger partial charge in [-0.25, -0.2) is 0 Å². The van der Waals surface area contributed by atoms with E-state index in [0.717, 1.165) is 93.9 Å². The second kappa shape index (κ2) is 11.1. The average molecular weight is 611 g/mol. The van der Waals surface area contributed by atoms with Crippen LogP contribution in [0.15, 0.2) is 84.9 Å². The van der Waals surface area contributed by atoms with E-state index in [0.29, 0.717) is 0 Å². The zero-order valence-corrected chi connectivity index (χ0v) is 26.0. The monoisotopic (exact) mass is 610 g/mol. The van der Waals surface area contributed by atoms with Crippen molar-refractivity contribution < 1.29 is 4.92 Å². The lowest BCUT2D eigenvalue weighted by Gasteiger charge is -2.11. The van der Waals surface area contributed by atoms with Gasteiger partial charge in [0, 0.05) is 75.0 Å². The number of aromatic nitrogens is 4. The molecule has 222 valence electrons. The van der Waals surface area contributed by atoms with Crippen LogP contribution in [0.25, 0.3) is 22.3 Å². The van der Waals surface area contributed by atoms with Crippen LogP contribution in [0, 0.1) is 22.0 Å². The maximum atomic E-state index is 11.5. The lowest BCUT2D eigenvalue weighted by molar-refractivity contribution is -0.380. The summed E-state index contributed by atoms with van der Waals surface area (Å²) in [5.74, 6) is 6.82. The molecule has 6 heterocycles. The van der Waals surface area contributed by atoms with Crippen molar-refractivity contribution in [2.24, 2.45) is 0 Å². The summed E-state index contributed by atoms with van der Waals surface area (Å²) >= 11 is 1.16. The normalized spacial score (nSPS) is 17.5. The van der Waals surface area contributed by atoms with Crippen molar-refractivity contribution in [2.75, 3.05) is 19.0 Å². The standard InChI is InChI=1S/C36H30N6O2S/c1-21-26-11-15-30(37-26)25(10-7-23-5-8-24(9-6-23)41(3)4)31-16-12-27(38-31)22(2)29-14-18-33(40-29)36(32-17-13-28(21)39-32)34-19-20-35(45-34)42(43)44/h5-6,8-9,11-20,37-40H,1-4H3/b26-21-,27-22?,28-21?,29-22-,30-25-,31-25?,36-32?,36-33+. The predicted octanol–water partition coefficient (Wildman–Crippen LogP) is 4.28. The molecule has 0 aliphatic carbocycles. The Bertz CT molecular complexity index is 2420. The Hall–Kier alpha value is -5.72. The summed E-state index contributed by atoms with van der Waals surface area (Å²) in [6.07, 6.45) is 0. The van der Waals surface area contributed by atoms with Crippen LogP contribution in [-0.2, 0) is 0 Å². The molecule has 6 aromatic rings. The molecule has 8 bridgehead atoms. The van der Waals surface area contributed by atoms with Gasteiger partial charge in [0.05, 0.1) is 21.5 Å². The third-order valence-corrected chi connectivity index (χ3v) is 9.23. The highest BCUT2D eigenvalue weighted by molar-refractivity contribution is 7.16. The van der Waals surface area contributed by atoms with E-state index in [-0.39, 0.29) is 9.92 Å². The number of anilines is 1. The average Bonchev–Trinajstić information content (AvgIpc) is 3.88. The number of rotatable bonds is 3. The second-order valence-corrected chi connectivity index (χ2v) is 12.3. The van der Waals surface area contributed by atoms with Crippen LogP contribution >= 0.6 is 11.3 Å².